The summed E-state index contributed by atoms with van der Waals surface area (Å²) in [5, 5.41) is 20.2. The zero-order chi connectivity index (χ0) is 21.8. The van der Waals surface area contributed by atoms with Crippen molar-refractivity contribution in [3.8, 4) is 0 Å². The molecule has 2 N–H and O–H groups in total. The molecule has 0 amide bonds. The standard InChI is InChI=1S/C22H26N8S/c1-4-29-17(3)19(11-24-29)14-28-15-20(12-23-28)25-22(31)26-21-10-16(2)30(27-21)13-18-8-6-5-7-9-18/h5-12,15H,4,13-14H2,1-3H3,(H2,25,26,27,31). The number of aromatic nitrogens is 6. The van der Waals surface area contributed by atoms with Crippen LogP contribution in [0.1, 0.15) is 29.4 Å². The molecule has 3 heterocycles. The van der Waals surface area contributed by atoms with Crippen LogP contribution >= 0.6 is 12.2 Å². The van der Waals surface area contributed by atoms with Gasteiger partial charge in [0.15, 0.2) is 10.9 Å². The van der Waals surface area contributed by atoms with E-state index in [0.717, 1.165) is 35.7 Å². The number of thiocarbonyl (C=S) groups is 1. The van der Waals surface area contributed by atoms with Gasteiger partial charge < -0.3 is 10.6 Å². The number of hydrogen-bond donors (Lipinski definition) is 2. The predicted molar refractivity (Wildman–Crippen MR) is 126 cm³/mol. The van der Waals surface area contributed by atoms with Gasteiger partial charge in [0.1, 0.15) is 0 Å². The van der Waals surface area contributed by atoms with E-state index in [0.29, 0.717) is 17.5 Å². The van der Waals surface area contributed by atoms with Gasteiger partial charge in [-0.3, -0.25) is 14.0 Å². The summed E-state index contributed by atoms with van der Waals surface area (Å²) in [6.45, 7) is 8.43. The second-order valence-corrected chi connectivity index (χ2v) is 7.80. The number of anilines is 2. The highest BCUT2D eigenvalue weighted by Gasteiger charge is 2.09. The molecule has 0 radical (unpaired) electrons. The topological polar surface area (TPSA) is 77.5 Å². The molecule has 4 aromatic rings. The minimum atomic E-state index is 0.471. The van der Waals surface area contributed by atoms with Gasteiger partial charge in [-0.1, -0.05) is 30.3 Å². The van der Waals surface area contributed by atoms with E-state index < -0.39 is 0 Å². The van der Waals surface area contributed by atoms with Crippen LogP contribution in [0.15, 0.2) is 55.0 Å². The first kappa shape index (κ1) is 20.8. The fraction of sp³-hybridized carbons (Fsp3) is 0.273. The summed E-state index contributed by atoms with van der Waals surface area (Å²) in [6, 6.07) is 12.2. The van der Waals surface area contributed by atoms with Gasteiger partial charge in [0.2, 0.25) is 0 Å². The minimum absolute atomic E-state index is 0.471. The van der Waals surface area contributed by atoms with E-state index in [9.17, 15) is 0 Å². The largest absolute Gasteiger partial charge is 0.330 e. The monoisotopic (exact) mass is 434 g/mol. The van der Waals surface area contributed by atoms with Crippen molar-refractivity contribution in [1.82, 2.24) is 29.3 Å². The maximum atomic E-state index is 5.46. The number of nitrogens with one attached hydrogen (secondary N) is 2. The summed E-state index contributed by atoms with van der Waals surface area (Å²) in [4.78, 5) is 0. The average Bonchev–Trinajstić information content (AvgIpc) is 3.43. The van der Waals surface area contributed by atoms with Crippen molar-refractivity contribution >= 4 is 28.8 Å². The van der Waals surface area contributed by atoms with E-state index in [1.165, 1.54) is 5.56 Å². The van der Waals surface area contributed by atoms with Gasteiger partial charge in [0, 0.05) is 35.8 Å². The number of aryl methyl sites for hydroxylation is 2. The molecule has 31 heavy (non-hydrogen) atoms. The van der Waals surface area contributed by atoms with Crippen molar-refractivity contribution in [2.45, 2.75) is 40.4 Å². The van der Waals surface area contributed by atoms with Crippen LogP contribution in [0.2, 0.25) is 0 Å². The van der Waals surface area contributed by atoms with Crippen LogP contribution in [0.4, 0.5) is 11.5 Å². The third-order valence-electron chi connectivity index (χ3n) is 5.13. The van der Waals surface area contributed by atoms with Crippen molar-refractivity contribution in [1.29, 1.82) is 0 Å². The third kappa shape index (κ3) is 5.00. The van der Waals surface area contributed by atoms with Gasteiger partial charge in [0.25, 0.3) is 0 Å². The van der Waals surface area contributed by atoms with Crippen molar-refractivity contribution in [3.05, 3.63) is 77.5 Å². The molecule has 0 saturated carbocycles. The fourth-order valence-electron chi connectivity index (χ4n) is 3.41. The quantitative estimate of drug-likeness (QED) is 0.431. The molecule has 0 unspecified atom stereocenters. The molecule has 8 nitrogen and oxygen atoms in total. The van der Waals surface area contributed by atoms with Crippen LogP contribution in [0, 0.1) is 13.8 Å². The van der Waals surface area contributed by atoms with E-state index in [4.69, 9.17) is 12.2 Å². The molecule has 0 spiro atoms. The van der Waals surface area contributed by atoms with Gasteiger partial charge in [0.05, 0.1) is 31.2 Å². The summed E-state index contributed by atoms with van der Waals surface area (Å²) < 4.78 is 5.81. The van der Waals surface area contributed by atoms with Crippen LogP contribution < -0.4 is 10.6 Å². The molecule has 1 aromatic carbocycles. The molecular formula is C22H26N8S. The molecular weight excluding hydrogens is 408 g/mol. The summed E-state index contributed by atoms with van der Waals surface area (Å²) >= 11 is 5.46. The van der Waals surface area contributed by atoms with Gasteiger partial charge in [-0.05, 0) is 38.6 Å². The third-order valence-corrected chi connectivity index (χ3v) is 5.33. The highest BCUT2D eigenvalue weighted by Crippen LogP contribution is 2.14. The Labute approximate surface area is 186 Å². The Kier molecular flexibility index (Phi) is 6.13. The Morgan fingerprint density at radius 2 is 1.81 bits per heavy atom. The normalized spacial score (nSPS) is 10.9. The predicted octanol–water partition coefficient (Wildman–Crippen LogP) is 3.82. The second kappa shape index (κ2) is 9.13. The van der Waals surface area contributed by atoms with Crippen LogP contribution in [0.5, 0.6) is 0 Å². The van der Waals surface area contributed by atoms with Crippen molar-refractivity contribution in [2.24, 2.45) is 0 Å². The summed E-state index contributed by atoms with van der Waals surface area (Å²) in [5.74, 6) is 0.709. The Morgan fingerprint density at radius 1 is 1.00 bits per heavy atom. The first-order valence-electron chi connectivity index (χ1n) is 10.2. The Bertz CT molecular complexity index is 1170. The molecule has 0 aliphatic rings. The molecule has 160 valence electrons. The van der Waals surface area contributed by atoms with Crippen molar-refractivity contribution < 1.29 is 0 Å². The second-order valence-electron chi connectivity index (χ2n) is 7.39. The zero-order valence-electron chi connectivity index (χ0n) is 17.9. The number of hydrogen-bond acceptors (Lipinski definition) is 4. The zero-order valence-corrected chi connectivity index (χ0v) is 18.7. The van der Waals surface area contributed by atoms with Gasteiger partial charge in [-0.2, -0.15) is 15.3 Å². The molecule has 0 atom stereocenters. The van der Waals surface area contributed by atoms with E-state index in [1.807, 2.05) is 57.6 Å². The van der Waals surface area contributed by atoms with E-state index in [1.54, 1.807) is 6.20 Å². The summed E-state index contributed by atoms with van der Waals surface area (Å²) in [7, 11) is 0. The lowest BCUT2D eigenvalue weighted by molar-refractivity contribution is 0.633. The van der Waals surface area contributed by atoms with Crippen LogP contribution in [0.25, 0.3) is 0 Å². The number of nitrogens with zero attached hydrogens (tertiary/aromatic N) is 6. The van der Waals surface area contributed by atoms with Gasteiger partial charge in [-0.25, -0.2) is 0 Å². The first-order valence-corrected chi connectivity index (χ1v) is 10.6. The van der Waals surface area contributed by atoms with Crippen LogP contribution in [-0.2, 0) is 19.6 Å². The van der Waals surface area contributed by atoms with Crippen LogP contribution in [0.3, 0.4) is 0 Å². The average molecular weight is 435 g/mol. The summed E-state index contributed by atoms with van der Waals surface area (Å²) in [5.41, 5.74) is 5.39. The maximum absolute atomic E-state index is 5.46. The molecule has 0 fully saturated rings. The van der Waals surface area contributed by atoms with Crippen molar-refractivity contribution in [2.75, 3.05) is 10.6 Å². The molecule has 3 aromatic heterocycles. The molecule has 0 bridgehead atoms. The Balaban J connectivity index is 1.35. The Morgan fingerprint density at radius 3 is 2.55 bits per heavy atom. The molecule has 0 saturated heterocycles. The lowest BCUT2D eigenvalue weighted by atomic mass is 10.2. The van der Waals surface area contributed by atoms with Crippen molar-refractivity contribution in [3.63, 3.8) is 0 Å². The first-order chi connectivity index (χ1) is 15.0. The summed E-state index contributed by atoms with van der Waals surface area (Å²) in [6.07, 6.45) is 5.58. The maximum Gasteiger partial charge on any atom is 0.176 e. The van der Waals surface area contributed by atoms with Crippen LogP contribution in [-0.4, -0.2) is 34.5 Å². The smallest absolute Gasteiger partial charge is 0.176 e. The highest BCUT2D eigenvalue weighted by molar-refractivity contribution is 7.80. The molecule has 9 heteroatoms. The molecule has 0 aliphatic heterocycles. The van der Waals surface area contributed by atoms with E-state index in [2.05, 4.69) is 51.9 Å². The SMILES string of the molecule is CCn1ncc(Cn2cc(NC(=S)Nc3cc(C)n(Cc4ccccc4)n3)cn2)c1C. The Hall–Kier alpha value is -3.46. The number of benzene rings is 1. The fourth-order valence-corrected chi connectivity index (χ4v) is 3.64. The molecule has 4 rings (SSSR count). The van der Waals surface area contributed by atoms with E-state index in [-0.39, 0.29) is 0 Å². The minimum Gasteiger partial charge on any atom is -0.330 e. The molecule has 0 aliphatic carbocycles. The highest BCUT2D eigenvalue weighted by atomic mass is 32.1. The van der Waals surface area contributed by atoms with E-state index >= 15 is 0 Å². The number of rotatable bonds is 7. The lowest BCUT2D eigenvalue weighted by Crippen LogP contribution is -2.19. The van der Waals surface area contributed by atoms with Gasteiger partial charge in [-0.15, -0.1) is 0 Å². The lowest BCUT2D eigenvalue weighted by Gasteiger charge is -2.07. The van der Waals surface area contributed by atoms with Gasteiger partial charge >= 0.3 is 0 Å².